The number of rotatable bonds is 5. The van der Waals surface area contributed by atoms with Gasteiger partial charge in [-0.25, -0.2) is 0 Å². The molecule has 0 fully saturated rings. The number of nitrogens with one attached hydrogen (secondary N) is 1. The number of amides is 1. The third kappa shape index (κ3) is 4.69. The number of hydrogen-bond donors (Lipinski definition) is 2. The zero-order valence-electron chi connectivity index (χ0n) is 11.7. The van der Waals surface area contributed by atoms with E-state index in [1.54, 1.807) is 0 Å². The summed E-state index contributed by atoms with van der Waals surface area (Å²) < 4.78 is 0. The third-order valence-electron chi connectivity index (χ3n) is 3.05. The molecule has 0 heterocycles. The molecule has 5 heteroatoms. The SMILES string of the molecule is Cc1cc(SCC(=O)NCc2ccccc2Cl)ccc1N. The van der Waals surface area contributed by atoms with E-state index >= 15 is 0 Å². The van der Waals surface area contributed by atoms with Crippen LogP contribution in [0.4, 0.5) is 5.69 Å². The van der Waals surface area contributed by atoms with Crippen molar-refractivity contribution in [3.05, 3.63) is 58.6 Å². The molecular formula is C16H17ClN2OS. The zero-order valence-corrected chi connectivity index (χ0v) is 13.3. The van der Waals surface area contributed by atoms with E-state index in [4.69, 9.17) is 17.3 Å². The molecule has 0 aliphatic rings. The Morgan fingerprint density at radius 3 is 2.76 bits per heavy atom. The second-order valence-corrected chi connectivity index (χ2v) is 6.13. The first kappa shape index (κ1) is 15.7. The summed E-state index contributed by atoms with van der Waals surface area (Å²) in [6.07, 6.45) is 0. The molecule has 0 atom stereocenters. The van der Waals surface area contributed by atoms with Gasteiger partial charge in [-0.1, -0.05) is 29.8 Å². The van der Waals surface area contributed by atoms with Gasteiger partial charge in [0.15, 0.2) is 0 Å². The Bertz CT molecular complexity index is 646. The Morgan fingerprint density at radius 1 is 1.29 bits per heavy atom. The number of aryl methyl sites for hydroxylation is 1. The number of carbonyl (C=O) groups excluding carboxylic acids is 1. The van der Waals surface area contributed by atoms with Crippen LogP contribution in [0.5, 0.6) is 0 Å². The van der Waals surface area contributed by atoms with E-state index in [1.807, 2.05) is 49.4 Å². The van der Waals surface area contributed by atoms with E-state index in [1.165, 1.54) is 11.8 Å². The molecule has 0 spiro atoms. The van der Waals surface area contributed by atoms with Crippen molar-refractivity contribution in [2.75, 3.05) is 11.5 Å². The first-order chi connectivity index (χ1) is 10.1. The molecule has 0 aliphatic carbocycles. The van der Waals surface area contributed by atoms with Gasteiger partial charge in [0.2, 0.25) is 5.91 Å². The minimum Gasteiger partial charge on any atom is -0.399 e. The van der Waals surface area contributed by atoms with E-state index in [0.717, 1.165) is 21.7 Å². The number of nitrogens with two attached hydrogens (primary N) is 1. The summed E-state index contributed by atoms with van der Waals surface area (Å²) >= 11 is 7.53. The summed E-state index contributed by atoms with van der Waals surface area (Å²) in [5.41, 5.74) is 8.48. The number of nitrogen functional groups attached to an aromatic ring is 1. The van der Waals surface area contributed by atoms with Gasteiger partial charge in [-0.15, -0.1) is 11.8 Å². The van der Waals surface area contributed by atoms with Gasteiger partial charge in [-0.3, -0.25) is 4.79 Å². The van der Waals surface area contributed by atoms with Crippen molar-refractivity contribution >= 4 is 35.0 Å². The fraction of sp³-hybridized carbons (Fsp3) is 0.188. The first-order valence-corrected chi connectivity index (χ1v) is 7.91. The summed E-state index contributed by atoms with van der Waals surface area (Å²) in [6.45, 7) is 2.40. The van der Waals surface area contributed by atoms with Crippen LogP contribution in [0.3, 0.4) is 0 Å². The van der Waals surface area contributed by atoms with Crippen molar-refractivity contribution in [1.29, 1.82) is 0 Å². The fourth-order valence-corrected chi connectivity index (χ4v) is 2.80. The Kier molecular flexibility index (Phi) is 5.53. The topological polar surface area (TPSA) is 55.1 Å². The van der Waals surface area contributed by atoms with Crippen molar-refractivity contribution in [2.45, 2.75) is 18.4 Å². The Hall–Kier alpha value is -1.65. The van der Waals surface area contributed by atoms with E-state index in [9.17, 15) is 4.79 Å². The lowest BCUT2D eigenvalue weighted by molar-refractivity contribution is -0.118. The Labute approximate surface area is 133 Å². The van der Waals surface area contributed by atoms with Gasteiger partial charge < -0.3 is 11.1 Å². The van der Waals surface area contributed by atoms with Crippen molar-refractivity contribution < 1.29 is 4.79 Å². The van der Waals surface area contributed by atoms with Crippen LogP contribution in [-0.4, -0.2) is 11.7 Å². The van der Waals surface area contributed by atoms with Gasteiger partial charge in [0.25, 0.3) is 0 Å². The molecule has 21 heavy (non-hydrogen) atoms. The number of thioether (sulfide) groups is 1. The highest BCUT2D eigenvalue weighted by Gasteiger charge is 2.05. The van der Waals surface area contributed by atoms with E-state index in [2.05, 4.69) is 5.32 Å². The van der Waals surface area contributed by atoms with Crippen LogP contribution in [0.2, 0.25) is 5.02 Å². The minimum absolute atomic E-state index is 0.0191. The highest BCUT2D eigenvalue weighted by Crippen LogP contribution is 2.22. The van der Waals surface area contributed by atoms with Crippen LogP contribution in [0, 0.1) is 6.92 Å². The summed E-state index contributed by atoms with van der Waals surface area (Å²) in [5.74, 6) is 0.350. The fourth-order valence-electron chi connectivity index (χ4n) is 1.77. The lowest BCUT2D eigenvalue weighted by Gasteiger charge is -2.07. The van der Waals surface area contributed by atoms with Gasteiger partial charge in [-0.2, -0.15) is 0 Å². The molecule has 3 N–H and O–H groups in total. The molecule has 0 bridgehead atoms. The molecule has 2 aromatic rings. The number of benzene rings is 2. The number of anilines is 1. The summed E-state index contributed by atoms with van der Waals surface area (Å²) in [6, 6.07) is 13.3. The zero-order chi connectivity index (χ0) is 15.2. The standard InChI is InChI=1S/C16H17ClN2OS/c1-11-8-13(6-7-15(11)18)21-10-16(20)19-9-12-4-2-3-5-14(12)17/h2-8H,9-10,18H2,1H3,(H,19,20). The molecule has 0 saturated carbocycles. The van der Waals surface area contributed by atoms with E-state index in [0.29, 0.717) is 17.3 Å². The second kappa shape index (κ2) is 7.38. The number of halogens is 1. The predicted molar refractivity (Wildman–Crippen MR) is 89.6 cm³/mol. The maximum atomic E-state index is 11.9. The smallest absolute Gasteiger partial charge is 0.230 e. The maximum absolute atomic E-state index is 11.9. The number of hydrogen-bond acceptors (Lipinski definition) is 3. The monoisotopic (exact) mass is 320 g/mol. The van der Waals surface area contributed by atoms with Crippen LogP contribution < -0.4 is 11.1 Å². The molecule has 2 aromatic carbocycles. The maximum Gasteiger partial charge on any atom is 0.230 e. The summed E-state index contributed by atoms with van der Waals surface area (Å²) in [4.78, 5) is 12.9. The lowest BCUT2D eigenvalue weighted by Crippen LogP contribution is -2.24. The van der Waals surface area contributed by atoms with Crippen molar-refractivity contribution in [3.8, 4) is 0 Å². The normalized spacial score (nSPS) is 10.4. The summed E-state index contributed by atoms with van der Waals surface area (Å²) in [5, 5.41) is 3.53. The van der Waals surface area contributed by atoms with Crippen molar-refractivity contribution in [2.24, 2.45) is 0 Å². The van der Waals surface area contributed by atoms with Crippen LogP contribution in [0.25, 0.3) is 0 Å². The van der Waals surface area contributed by atoms with Crippen molar-refractivity contribution in [1.82, 2.24) is 5.32 Å². The molecule has 0 unspecified atom stereocenters. The number of carbonyl (C=O) groups is 1. The van der Waals surface area contributed by atoms with Crippen LogP contribution in [0.1, 0.15) is 11.1 Å². The van der Waals surface area contributed by atoms with Gasteiger partial charge >= 0.3 is 0 Å². The average Bonchev–Trinajstić information content (AvgIpc) is 2.47. The Morgan fingerprint density at radius 2 is 2.05 bits per heavy atom. The highest BCUT2D eigenvalue weighted by molar-refractivity contribution is 8.00. The van der Waals surface area contributed by atoms with Crippen LogP contribution >= 0.6 is 23.4 Å². The molecule has 0 aliphatic heterocycles. The molecule has 3 nitrogen and oxygen atoms in total. The molecular weight excluding hydrogens is 304 g/mol. The second-order valence-electron chi connectivity index (χ2n) is 4.68. The van der Waals surface area contributed by atoms with Crippen molar-refractivity contribution in [3.63, 3.8) is 0 Å². The first-order valence-electron chi connectivity index (χ1n) is 6.55. The largest absolute Gasteiger partial charge is 0.399 e. The molecule has 2 rings (SSSR count). The highest BCUT2D eigenvalue weighted by atomic mass is 35.5. The molecule has 0 saturated heterocycles. The third-order valence-corrected chi connectivity index (χ3v) is 4.41. The Balaban J connectivity index is 1.82. The molecule has 0 radical (unpaired) electrons. The predicted octanol–water partition coefficient (Wildman–Crippen LogP) is 3.64. The van der Waals surface area contributed by atoms with E-state index < -0.39 is 0 Å². The van der Waals surface area contributed by atoms with Crippen LogP contribution in [0.15, 0.2) is 47.4 Å². The molecule has 110 valence electrons. The summed E-state index contributed by atoms with van der Waals surface area (Å²) in [7, 11) is 0. The van der Waals surface area contributed by atoms with Gasteiger partial charge in [0.05, 0.1) is 5.75 Å². The molecule has 0 aromatic heterocycles. The minimum atomic E-state index is -0.0191. The van der Waals surface area contributed by atoms with Gasteiger partial charge in [-0.05, 0) is 42.3 Å². The van der Waals surface area contributed by atoms with E-state index in [-0.39, 0.29) is 5.91 Å². The quantitative estimate of drug-likeness (QED) is 0.653. The molecule has 1 amide bonds. The average molecular weight is 321 g/mol. The lowest BCUT2D eigenvalue weighted by atomic mass is 10.2. The van der Waals surface area contributed by atoms with Gasteiger partial charge in [0, 0.05) is 22.2 Å². The van der Waals surface area contributed by atoms with Crippen LogP contribution in [-0.2, 0) is 11.3 Å². The van der Waals surface area contributed by atoms with Gasteiger partial charge in [0.1, 0.15) is 0 Å².